The van der Waals surface area contributed by atoms with Crippen LogP contribution in [-0.4, -0.2) is 11.5 Å². The number of hydrogen-bond donors (Lipinski definition) is 1. The third kappa shape index (κ3) is 3.66. The van der Waals surface area contributed by atoms with Gasteiger partial charge in [0.25, 0.3) is 0 Å². The molecule has 0 amide bonds. The summed E-state index contributed by atoms with van der Waals surface area (Å²) in [7, 11) is 0. The van der Waals surface area contributed by atoms with Crippen LogP contribution in [0.15, 0.2) is 30.3 Å². The van der Waals surface area contributed by atoms with E-state index in [2.05, 4.69) is 10.3 Å². The number of hydrogen-bond acceptors (Lipinski definition) is 3. The van der Waals surface area contributed by atoms with Crippen molar-refractivity contribution >= 4 is 40.6 Å². The Morgan fingerprint density at radius 3 is 2.63 bits per heavy atom. The Labute approximate surface area is 126 Å². The van der Waals surface area contributed by atoms with Gasteiger partial charge in [-0.25, -0.2) is 0 Å². The van der Waals surface area contributed by atoms with Crippen molar-refractivity contribution in [1.82, 2.24) is 4.98 Å². The summed E-state index contributed by atoms with van der Waals surface area (Å²) >= 11 is 18.0. The van der Waals surface area contributed by atoms with Gasteiger partial charge in [0, 0.05) is 11.6 Å². The summed E-state index contributed by atoms with van der Waals surface area (Å²) < 4.78 is 5.61. The van der Waals surface area contributed by atoms with Crippen molar-refractivity contribution in [2.24, 2.45) is 0 Å². The molecule has 2 rings (SSSR count). The Morgan fingerprint density at radius 2 is 1.95 bits per heavy atom. The molecule has 1 N–H and O–H groups in total. The molecule has 0 radical (unpaired) electrons. The van der Waals surface area contributed by atoms with Crippen molar-refractivity contribution in [3.8, 4) is 11.6 Å². The van der Waals surface area contributed by atoms with Crippen LogP contribution in [0.2, 0.25) is 15.1 Å². The predicted octanol–water partition coefficient (Wildman–Crippen LogP) is 5.27. The lowest BCUT2D eigenvalue weighted by atomic mass is 10.3. The zero-order valence-electron chi connectivity index (χ0n) is 10.1. The van der Waals surface area contributed by atoms with Crippen molar-refractivity contribution < 1.29 is 4.74 Å². The van der Waals surface area contributed by atoms with Crippen molar-refractivity contribution in [2.75, 3.05) is 11.9 Å². The van der Waals surface area contributed by atoms with Crippen LogP contribution >= 0.6 is 34.8 Å². The van der Waals surface area contributed by atoms with E-state index in [0.717, 1.165) is 0 Å². The average molecular weight is 318 g/mol. The quantitative estimate of drug-likeness (QED) is 0.834. The first-order chi connectivity index (χ1) is 9.10. The van der Waals surface area contributed by atoms with Gasteiger partial charge in [-0.15, -0.1) is 0 Å². The zero-order chi connectivity index (χ0) is 13.8. The summed E-state index contributed by atoms with van der Waals surface area (Å²) in [5, 5.41) is 4.40. The number of anilines is 1. The third-order valence-electron chi connectivity index (χ3n) is 2.25. The van der Waals surface area contributed by atoms with Crippen LogP contribution in [0.25, 0.3) is 0 Å². The molecule has 6 heteroatoms. The van der Waals surface area contributed by atoms with Crippen LogP contribution in [0.3, 0.4) is 0 Å². The molecule has 0 bridgehead atoms. The monoisotopic (exact) mass is 316 g/mol. The summed E-state index contributed by atoms with van der Waals surface area (Å²) in [6.45, 7) is 2.65. The molecule has 0 atom stereocenters. The Hall–Kier alpha value is -1.16. The highest BCUT2D eigenvalue weighted by atomic mass is 35.5. The minimum absolute atomic E-state index is 0.282. The normalized spacial score (nSPS) is 10.3. The zero-order valence-corrected chi connectivity index (χ0v) is 12.4. The minimum Gasteiger partial charge on any atom is -0.437 e. The number of pyridine rings is 1. The highest BCUT2D eigenvalue weighted by molar-refractivity contribution is 6.36. The van der Waals surface area contributed by atoms with Gasteiger partial charge in [0.2, 0.25) is 5.88 Å². The smallest absolute Gasteiger partial charge is 0.240 e. The van der Waals surface area contributed by atoms with Gasteiger partial charge >= 0.3 is 0 Å². The van der Waals surface area contributed by atoms with Gasteiger partial charge in [-0.05, 0) is 31.2 Å². The van der Waals surface area contributed by atoms with E-state index in [4.69, 9.17) is 39.5 Å². The maximum absolute atomic E-state index is 6.06. The van der Waals surface area contributed by atoms with E-state index in [1.54, 1.807) is 30.3 Å². The third-order valence-corrected chi connectivity index (χ3v) is 3.05. The van der Waals surface area contributed by atoms with E-state index in [1.165, 1.54) is 0 Å². The first-order valence-corrected chi connectivity index (χ1v) is 6.77. The highest BCUT2D eigenvalue weighted by Crippen LogP contribution is 2.33. The second-order valence-electron chi connectivity index (χ2n) is 3.70. The number of aromatic nitrogens is 1. The first-order valence-electron chi connectivity index (χ1n) is 5.63. The Morgan fingerprint density at radius 1 is 1.16 bits per heavy atom. The van der Waals surface area contributed by atoms with Crippen molar-refractivity contribution in [1.29, 1.82) is 0 Å². The van der Waals surface area contributed by atoms with Crippen LogP contribution in [0.4, 0.5) is 5.82 Å². The van der Waals surface area contributed by atoms with Crippen LogP contribution in [0.5, 0.6) is 11.6 Å². The van der Waals surface area contributed by atoms with Crippen molar-refractivity contribution in [2.45, 2.75) is 6.92 Å². The standard InChI is InChI=1S/C13H11Cl3N2O/c1-2-17-12-10(15)7-11(16)13(18-12)19-9-5-3-4-8(14)6-9/h3-7H,2H2,1H3,(H,17,18). The number of ether oxygens (including phenoxy) is 1. The molecule has 0 saturated heterocycles. The maximum atomic E-state index is 6.06. The van der Waals surface area contributed by atoms with Crippen molar-refractivity contribution in [3.63, 3.8) is 0 Å². The van der Waals surface area contributed by atoms with E-state index >= 15 is 0 Å². The van der Waals surface area contributed by atoms with Gasteiger partial charge in [0.05, 0.1) is 5.02 Å². The summed E-state index contributed by atoms with van der Waals surface area (Å²) in [4.78, 5) is 4.25. The molecule has 1 aromatic heterocycles. The van der Waals surface area contributed by atoms with E-state index in [-0.39, 0.29) is 5.88 Å². The molecule has 1 heterocycles. The van der Waals surface area contributed by atoms with Crippen LogP contribution in [0.1, 0.15) is 6.92 Å². The van der Waals surface area contributed by atoms with E-state index < -0.39 is 0 Å². The lowest BCUT2D eigenvalue weighted by Gasteiger charge is -2.10. The van der Waals surface area contributed by atoms with Gasteiger partial charge in [-0.1, -0.05) is 40.9 Å². The average Bonchev–Trinajstić information content (AvgIpc) is 2.35. The topological polar surface area (TPSA) is 34.2 Å². The number of nitrogens with one attached hydrogen (secondary N) is 1. The van der Waals surface area contributed by atoms with Gasteiger partial charge < -0.3 is 10.1 Å². The van der Waals surface area contributed by atoms with Gasteiger partial charge in [0.1, 0.15) is 16.6 Å². The van der Waals surface area contributed by atoms with E-state index in [0.29, 0.717) is 33.2 Å². The SMILES string of the molecule is CCNc1nc(Oc2cccc(Cl)c2)c(Cl)cc1Cl. The molecule has 0 aliphatic carbocycles. The Kier molecular flexibility index (Phi) is 4.75. The predicted molar refractivity (Wildman–Crippen MR) is 79.9 cm³/mol. The van der Waals surface area contributed by atoms with Gasteiger partial charge in [0.15, 0.2) is 0 Å². The largest absolute Gasteiger partial charge is 0.437 e. The molecule has 0 spiro atoms. The molecule has 1 aromatic carbocycles. The molecule has 19 heavy (non-hydrogen) atoms. The molecule has 0 fully saturated rings. The fourth-order valence-electron chi connectivity index (χ4n) is 1.45. The summed E-state index contributed by atoms with van der Waals surface area (Å²) in [5.41, 5.74) is 0. The van der Waals surface area contributed by atoms with Gasteiger partial charge in [-0.3, -0.25) is 0 Å². The number of benzene rings is 1. The number of nitrogens with zero attached hydrogens (tertiary/aromatic N) is 1. The second-order valence-corrected chi connectivity index (χ2v) is 4.95. The maximum Gasteiger partial charge on any atom is 0.240 e. The number of rotatable bonds is 4. The molecular weight excluding hydrogens is 307 g/mol. The molecule has 3 nitrogen and oxygen atoms in total. The number of halogens is 3. The highest BCUT2D eigenvalue weighted by Gasteiger charge is 2.11. The fraction of sp³-hybridized carbons (Fsp3) is 0.154. The Balaban J connectivity index is 2.31. The first kappa shape index (κ1) is 14.3. The lowest BCUT2D eigenvalue weighted by Crippen LogP contribution is -2.01. The molecule has 2 aromatic rings. The van der Waals surface area contributed by atoms with Crippen LogP contribution in [0, 0.1) is 0 Å². The molecule has 0 saturated carbocycles. The Bertz CT molecular complexity index is 590. The van der Waals surface area contributed by atoms with Gasteiger partial charge in [-0.2, -0.15) is 4.98 Å². The van der Waals surface area contributed by atoms with E-state index in [9.17, 15) is 0 Å². The van der Waals surface area contributed by atoms with Crippen LogP contribution in [-0.2, 0) is 0 Å². The summed E-state index contributed by atoms with van der Waals surface area (Å²) in [5.74, 6) is 1.38. The minimum atomic E-state index is 0.282. The summed E-state index contributed by atoms with van der Waals surface area (Å²) in [6.07, 6.45) is 0. The summed E-state index contributed by atoms with van der Waals surface area (Å²) in [6, 6.07) is 8.59. The molecule has 0 unspecified atom stereocenters. The lowest BCUT2D eigenvalue weighted by molar-refractivity contribution is 0.464. The second kappa shape index (κ2) is 6.33. The molecule has 0 aliphatic rings. The van der Waals surface area contributed by atoms with E-state index in [1.807, 2.05) is 6.92 Å². The fourth-order valence-corrected chi connectivity index (χ4v) is 2.10. The molecular formula is C13H11Cl3N2O. The molecule has 0 aliphatic heterocycles. The van der Waals surface area contributed by atoms with Crippen LogP contribution < -0.4 is 10.1 Å². The van der Waals surface area contributed by atoms with Crippen molar-refractivity contribution in [3.05, 3.63) is 45.4 Å². The molecule has 100 valence electrons.